The maximum Gasteiger partial charge on any atom is 0.407 e. The predicted octanol–water partition coefficient (Wildman–Crippen LogP) is 0.969. The zero-order chi connectivity index (χ0) is 16.0. The molecule has 0 aliphatic carbocycles. The van der Waals surface area contributed by atoms with Gasteiger partial charge < -0.3 is 20.9 Å². The Labute approximate surface area is 124 Å². The highest BCUT2D eigenvalue weighted by atomic mass is 16.6. The van der Waals surface area contributed by atoms with Crippen LogP contribution in [0.25, 0.3) is 0 Å². The van der Waals surface area contributed by atoms with E-state index in [9.17, 15) is 14.7 Å². The Hall–Kier alpha value is -2.08. The van der Waals surface area contributed by atoms with Crippen molar-refractivity contribution in [2.45, 2.75) is 44.9 Å². The monoisotopic (exact) mass is 294 g/mol. The maximum atomic E-state index is 11.8. The topological polar surface area (TPSA) is 102 Å². The Bertz CT molecular complexity index is 482. The molecule has 0 fully saturated rings. The number of hydrogen-bond donors (Lipinski definition) is 3. The molecular formula is C15H22N2O4. The number of aliphatic hydroxyl groups excluding tert-OH is 1. The quantitative estimate of drug-likeness (QED) is 0.753. The lowest BCUT2D eigenvalue weighted by molar-refractivity contribution is -0.127. The Morgan fingerprint density at radius 3 is 2.33 bits per heavy atom. The van der Waals surface area contributed by atoms with Crippen molar-refractivity contribution in [3.05, 3.63) is 35.9 Å². The number of benzene rings is 1. The summed E-state index contributed by atoms with van der Waals surface area (Å²) in [6.45, 7) is 5.18. The average molecular weight is 294 g/mol. The highest BCUT2D eigenvalue weighted by molar-refractivity contribution is 5.80. The number of carbonyl (C=O) groups excluding carboxylic acids is 2. The van der Waals surface area contributed by atoms with Crippen molar-refractivity contribution >= 4 is 12.0 Å². The van der Waals surface area contributed by atoms with Gasteiger partial charge in [0.25, 0.3) is 0 Å². The van der Waals surface area contributed by atoms with Crippen molar-refractivity contribution in [1.82, 2.24) is 5.32 Å². The number of rotatable bonds is 5. The number of hydrogen-bond acceptors (Lipinski definition) is 4. The second-order valence-electron chi connectivity index (χ2n) is 5.79. The molecule has 1 aromatic carbocycles. The number of amides is 2. The molecule has 21 heavy (non-hydrogen) atoms. The van der Waals surface area contributed by atoms with Gasteiger partial charge in [0.2, 0.25) is 5.91 Å². The molecule has 1 rings (SSSR count). The number of nitrogens with one attached hydrogen (secondary N) is 1. The number of aliphatic hydroxyl groups is 1. The van der Waals surface area contributed by atoms with E-state index in [2.05, 4.69) is 5.32 Å². The van der Waals surface area contributed by atoms with Gasteiger partial charge in [0.05, 0.1) is 6.04 Å². The molecule has 0 spiro atoms. The fourth-order valence-corrected chi connectivity index (χ4v) is 1.77. The Morgan fingerprint density at radius 2 is 1.86 bits per heavy atom. The van der Waals surface area contributed by atoms with Crippen LogP contribution in [0.3, 0.4) is 0 Å². The van der Waals surface area contributed by atoms with E-state index in [-0.39, 0.29) is 6.42 Å². The van der Waals surface area contributed by atoms with E-state index in [4.69, 9.17) is 10.5 Å². The van der Waals surface area contributed by atoms with Crippen LogP contribution in [0.5, 0.6) is 0 Å². The summed E-state index contributed by atoms with van der Waals surface area (Å²) in [6.07, 6.45) is -1.93. The summed E-state index contributed by atoms with van der Waals surface area (Å²) >= 11 is 0. The summed E-state index contributed by atoms with van der Waals surface area (Å²) in [5, 5.41) is 12.3. The molecule has 0 saturated carbocycles. The lowest BCUT2D eigenvalue weighted by Crippen LogP contribution is -2.51. The molecule has 2 amide bonds. The minimum absolute atomic E-state index is 0.268. The van der Waals surface area contributed by atoms with Gasteiger partial charge in [-0.05, 0) is 32.8 Å². The second kappa shape index (κ2) is 7.08. The number of ether oxygens (including phenoxy) is 1. The lowest BCUT2D eigenvalue weighted by Gasteiger charge is -2.25. The third-order valence-electron chi connectivity index (χ3n) is 2.67. The van der Waals surface area contributed by atoms with Crippen molar-refractivity contribution in [2.24, 2.45) is 5.73 Å². The van der Waals surface area contributed by atoms with Gasteiger partial charge in [0, 0.05) is 0 Å². The Morgan fingerprint density at radius 1 is 1.29 bits per heavy atom. The molecular weight excluding hydrogens is 272 g/mol. The minimum Gasteiger partial charge on any atom is -0.444 e. The fraction of sp³-hybridized carbons (Fsp3) is 0.467. The van der Waals surface area contributed by atoms with Crippen LogP contribution in [0.1, 0.15) is 26.3 Å². The van der Waals surface area contributed by atoms with E-state index in [1.807, 2.05) is 30.3 Å². The summed E-state index contributed by atoms with van der Waals surface area (Å²) in [5.41, 5.74) is 5.30. The molecule has 2 atom stereocenters. The molecule has 0 saturated heterocycles. The summed E-state index contributed by atoms with van der Waals surface area (Å²) < 4.78 is 5.12. The number of carbonyl (C=O) groups is 2. The van der Waals surface area contributed by atoms with Crippen LogP contribution < -0.4 is 11.1 Å². The molecule has 0 aromatic heterocycles. The number of primary amides is 1. The van der Waals surface area contributed by atoms with E-state index >= 15 is 0 Å². The molecule has 0 heterocycles. The van der Waals surface area contributed by atoms with Crippen molar-refractivity contribution in [3.8, 4) is 0 Å². The summed E-state index contributed by atoms with van der Waals surface area (Å²) in [6, 6.07) is 8.33. The largest absolute Gasteiger partial charge is 0.444 e. The first kappa shape index (κ1) is 17.0. The van der Waals surface area contributed by atoms with Crippen LogP contribution in [0.15, 0.2) is 30.3 Å². The maximum absolute atomic E-state index is 11.8. The van der Waals surface area contributed by atoms with Gasteiger partial charge in [-0.25, -0.2) is 4.79 Å². The van der Waals surface area contributed by atoms with Gasteiger partial charge in [-0.3, -0.25) is 4.79 Å². The molecule has 0 unspecified atom stereocenters. The molecule has 1 aromatic rings. The second-order valence-corrected chi connectivity index (χ2v) is 5.79. The van der Waals surface area contributed by atoms with E-state index in [0.717, 1.165) is 5.56 Å². The zero-order valence-electron chi connectivity index (χ0n) is 12.5. The highest BCUT2D eigenvalue weighted by Crippen LogP contribution is 2.10. The van der Waals surface area contributed by atoms with Crippen LogP contribution in [-0.2, 0) is 16.0 Å². The van der Waals surface area contributed by atoms with Crippen molar-refractivity contribution in [1.29, 1.82) is 0 Å². The lowest BCUT2D eigenvalue weighted by atomic mass is 10.0. The minimum atomic E-state index is -1.49. The summed E-state index contributed by atoms with van der Waals surface area (Å²) in [4.78, 5) is 23.0. The normalized spacial score (nSPS) is 14.1. The molecule has 4 N–H and O–H groups in total. The smallest absolute Gasteiger partial charge is 0.407 e. The summed E-state index contributed by atoms with van der Waals surface area (Å²) in [5.74, 6) is -0.896. The molecule has 0 aliphatic rings. The van der Waals surface area contributed by atoms with E-state index in [1.54, 1.807) is 20.8 Å². The van der Waals surface area contributed by atoms with Gasteiger partial charge in [-0.1, -0.05) is 30.3 Å². The van der Waals surface area contributed by atoms with Gasteiger partial charge in [0.15, 0.2) is 6.10 Å². The van der Waals surface area contributed by atoms with E-state index < -0.39 is 29.7 Å². The van der Waals surface area contributed by atoms with E-state index in [1.165, 1.54) is 0 Å². The molecule has 0 aliphatic heterocycles. The summed E-state index contributed by atoms with van der Waals surface area (Å²) in [7, 11) is 0. The zero-order valence-corrected chi connectivity index (χ0v) is 12.5. The van der Waals surface area contributed by atoms with Crippen LogP contribution in [0.2, 0.25) is 0 Å². The fourth-order valence-electron chi connectivity index (χ4n) is 1.77. The first-order valence-electron chi connectivity index (χ1n) is 6.70. The van der Waals surface area contributed by atoms with Gasteiger partial charge in [-0.2, -0.15) is 0 Å². The third kappa shape index (κ3) is 6.27. The third-order valence-corrected chi connectivity index (χ3v) is 2.67. The SMILES string of the molecule is CC(C)(C)OC(=O)N[C@@H](Cc1ccccc1)[C@H](O)C(N)=O. The molecule has 0 bridgehead atoms. The highest BCUT2D eigenvalue weighted by Gasteiger charge is 2.28. The van der Waals surface area contributed by atoms with Crippen LogP contribution in [0.4, 0.5) is 4.79 Å². The van der Waals surface area contributed by atoms with Crippen LogP contribution in [0, 0.1) is 0 Å². The molecule has 0 radical (unpaired) electrons. The Kier molecular flexibility index (Phi) is 5.72. The first-order chi connectivity index (χ1) is 9.69. The first-order valence-corrected chi connectivity index (χ1v) is 6.70. The molecule has 6 nitrogen and oxygen atoms in total. The van der Waals surface area contributed by atoms with Gasteiger partial charge in [-0.15, -0.1) is 0 Å². The van der Waals surface area contributed by atoms with Gasteiger partial charge in [0.1, 0.15) is 5.60 Å². The average Bonchev–Trinajstić information content (AvgIpc) is 2.36. The van der Waals surface area contributed by atoms with Crippen molar-refractivity contribution in [3.63, 3.8) is 0 Å². The van der Waals surface area contributed by atoms with Crippen molar-refractivity contribution < 1.29 is 19.4 Å². The predicted molar refractivity (Wildman–Crippen MR) is 78.5 cm³/mol. The number of nitrogens with two attached hydrogens (primary N) is 1. The Balaban J connectivity index is 2.78. The van der Waals surface area contributed by atoms with Crippen LogP contribution in [-0.4, -0.2) is 34.9 Å². The van der Waals surface area contributed by atoms with Crippen LogP contribution >= 0.6 is 0 Å². The van der Waals surface area contributed by atoms with E-state index in [0.29, 0.717) is 0 Å². The molecule has 116 valence electrons. The van der Waals surface area contributed by atoms with Crippen molar-refractivity contribution in [2.75, 3.05) is 0 Å². The van der Waals surface area contributed by atoms with Gasteiger partial charge >= 0.3 is 6.09 Å². The standard InChI is InChI=1S/C15H22N2O4/c1-15(2,3)21-14(20)17-11(12(18)13(16)19)9-10-7-5-4-6-8-10/h4-8,11-12,18H,9H2,1-3H3,(H2,16,19)(H,17,20)/t11-,12-/m0/s1. The number of alkyl carbamates (subject to hydrolysis) is 1. The molecule has 6 heteroatoms.